The van der Waals surface area contributed by atoms with Crippen molar-refractivity contribution >= 4 is 26.5 Å². The second-order valence-electron chi connectivity index (χ2n) is 4.48. The maximum Gasteiger partial charge on any atom is 0.240 e. The van der Waals surface area contributed by atoms with Gasteiger partial charge in [-0.1, -0.05) is 13.0 Å². The Bertz CT molecular complexity index is 570. The average Bonchev–Trinajstić information content (AvgIpc) is 2.26. The van der Waals surface area contributed by atoms with Crippen LogP contribution in [0.2, 0.25) is 0 Å². The maximum absolute atomic E-state index is 12.1. The molecule has 1 aromatic carbocycles. The van der Waals surface area contributed by atoms with E-state index in [0.717, 1.165) is 12.0 Å². The van der Waals surface area contributed by atoms with E-state index >= 15 is 0 Å². The van der Waals surface area contributed by atoms with Crippen LogP contribution in [-0.2, 0) is 27.2 Å². The minimum atomic E-state index is -3.62. The van der Waals surface area contributed by atoms with E-state index in [4.69, 9.17) is 5.73 Å². The summed E-state index contributed by atoms with van der Waals surface area (Å²) >= 11 is 0. The van der Waals surface area contributed by atoms with Gasteiger partial charge in [0.05, 0.1) is 4.90 Å². The van der Waals surface area contributed by atoms with Crippen molar-refractivity contribution in [3.63, 3.8) is 0 Å². The largest absolute Gasteiger partial charge is 0.398 e. The van der Waals surface area contributed by atoms with Gasteiger partial charge < -0.3 is 5.73 Å². The van der Waals surface area contributed by atoms with Crippen LogP contribution in [0.15, 0.2) is 23.1 Å². The molecule has 1 rings (SSSR count). The van der Waals surface area contributed by atoms with Gasteiger partial charge in [-0.2, -0.15) is 0 Å². The SMILES string of the molecule is CCc1ccc(S(=O)(=O)NC(C)CS(C)=O)cc1N. The van der Waals surface area contributed by atoms with Crippen LogP contribution in [0.1, 0.15) is 19.4 Å². The number of rotatable bonds is 6. The second-order valence-corrected chi connectivity index (χ2v) is 7.67. The topological polar surface area (TPSA) is 89.3 Å². The molecule has 0 saturated heterocycles. The molecule has 1 aromatic rings. The van der Waals surface area contributed by atoms with Crippen molar-refractivity contribution in [3.8, 4) is 0 Å². The number of nitrogen functional groups attached to an aromatic ring is 1. The minimum absolute atomic E-state index is 0.135. The van der Waals surface area contributed by atoms with Gasteiger partial charge in [-0.05, 0) is 31.0 Å². The van der Waals surface area contributed by atoms with E-state index in [9.17, 15) is 12.6 Å². The third-order valence-electron chi connectivity index (χ3n) is 2.65. The summed E-state index contributed by atoms with van der Waals surface area (Å²) in [7, 11) is -4.66. The fourth-order valence-corrected chi connectivity index (χ4v) is 3.95. The molecule has 7 heteroatoms. The monoisotopic (exact) mass is 304 g/mol. The first-order chi connectivity index (χ1) is 8.76. The highest BCUT2D eigenvalue weighted by Gasteiger charge is 2.18. The first-order valence-electron chi connectivity index (χ1n) is 5.97. The summed E-state index contributed by atoms with van der Waals surface area (Å²) in [6.45, 7) is 3.64. The lowest BCUT2D eigenvalue weighted by Gasteiger charge is -2.14. The Morgan fingerprint density at radius 1 is 1.42 bits per heavy atom. The molecular formula is C12H20N2O3S2. The second kappa shape index (κ2) is 6.49. The molecule has 0 saturated carbocycles. The van der Waals surface area contributed by atoms with E-state index in [1.54, 1.807) is 19.2 Å². The van der Waals surface area contributed by atoms with Gasteiger partial charge >= 0.3 is 0 Å². The van der Waals surface area contributed by atoms with Crippen molar-refractivity contribution < 1.29 is 12.6 Å². The van der Waals surface area contributed by atoms with Crippen LogP contribution in [0, 0.1) is 0 Å². The zero-order valence-electron chi connectivity index (χ0n) is 11.3. The van der Waals surface area contributed by atoms with E-state index in [1.165, 1.54) is 12.1 Å². The predicted octanol–water partition coefficient (Wildman–Crippen LogP) is 0.876. The van der Waals surface area contributed by atoms with Crippen molar-refractivity contribution in [2.24, 2.45) is 0 Å². The number of nitrogens with two attached hydrogens (primary N) is 1. The summed E-state index contributed by atoms with van der Waals surface area (Å²) in [5.41, 5.74) is 7.19. The lowest BCUT2D eigenvalue weighted by Crippen LogP contribution is -2.36. The molecule has 0 bridgehead atoms. The number of hydrogen-bond acceptors (Lipinski definition) is 4. The summed E-state index contributed by atoms with van der Waals surface area (Å²) < 4.78 is 37.8. The van der Waals surface area contributed by atoms with E-state index in [1.807, 2.05) is 6.92 Å². The molecule has 0 aliphatic heterocycles. The Balaban J connectivity index is 2.94. The first-order valence-corrected chi connectivity index (χ1v) is 9.18. The molecular weight excluding hydrogens is 284 g/mol. The molecule has 2 unspecified atom stereocenters. The highest BCUT2D eigenvalue weighted by Crippen LogP contribution is 2.18. The van der Waals surface area contributed by atoms with E-state index in [2.05, 4.69) is 4.72 Å². The summed E-state index contributed by atoms with van der Waals surface area (Å²) in [5.74, 6) is 0.280. The average molecular weight is 304 g/mol. The fraction of sp³-hybridized carbons (Fsp3) is 0.500. The molecule has 0 aliphatic carbocycles. The van der Waals surface area contributed by atoms with Crippen molar-refractivity contribution in [1.29, 1.82) is 0 Å². The molecule has 0 heterocycles. The summed E-state index contributed by atoms with van der Waals surface area (Å²) in [6, 6.07) is 4.32. The zero-order valence-corrected chi connectivity index (χ0v) is 13.0. The minimum Gasteiger partial charge on any atom is -0.398 e. The molecule has 108 valence electrons. The third-order valence-corrected chi connectivity index (χ3v) is 5.21. The predicted molar refractivity (Wildman–Crippen MR) is 78.9 cm³/mol. The Morgan fingerprint density at radius 3 is 2.53 bits per heavy atom. The molecule has 0 radical (unpaired) electrons. The van der Waals surface area contributed by atoms with Crippen molar-refractivity contribution in [1.82, 2.24) is 4.72 Å². The Kier molecular flexibility index (Phi) is 5.51. The summed E-state index contributed by atoms with van der Waals surface area (Å²) in [5, 5.41) is 0. The van der Waals surface area contributed by atoms with Crippen LogP contribution >= 0.6 is 0 Å². The van der Waals surface area contributed by atoms with Gasteiger partial charge in [0, 0.05) is 34.5 Å². The van der Waals surface area contributed by atoms with Crippen molar-refractivity contribution in [2.75, 3.05) is 17.7 Å². The van der Waals surface area contributed by atoms with Crippen molar-refractivity contribution in [3.05, 3.63) is 23.8 Å². The van der Waals surface area contributed by atoms with Crippen LogP contribution < -0.4 is 10.5 Å². The van der Waals surface area contributed by atoms with Crippen LogP contribution in [0.4, 0.5) is 5.69 Å². The molecule has 0 aromatic heterocycles. The molecule has 0 aliphatic rings. The van der Waals surface area contributed by atoms with Crippen LogP contribution in [0.25, 0.3) is 0 Å². The highest BCUT2D eigenvalue weighted by molar-refractivity contribution is 7.89. The van der Waals surface area contributed by atoms with Gasteiger partial charge in [0.15, 0.2) is 0 Å². The van der Waals surface area contributed by atoms with Crippen LogP contribution in [0.5, 0.6) is 0 Å². The number of anilines is 1. The zero-order chi connectivity index (χ0) is 14.6. The standard InChI is InChI=1S/C12H20N2O3S2/c1-4-10-5-6-11(7-12(10)13)19(16,17)14-9(2)8-18(3)15/h5-7,9,14H,4,8,13H2,1-3H3. The molecule has 0 fully saturated rings. The molecule has 3 N–H and O–H groups in total. The molecule has 19 heavy (non-hydrogen) atoms. The van der Waals surface area contributed by atoms with Gasteiger partial charge in [-0.25, -0.2) is 13.1 Å². The van der Waals surface area contributed by atoms with Crippen LogP contribution in [0.3, 0.4) is 0 Å². The Morgan fingerprint density at radius 2 is 2.05 bits per heavy atom. The van der Waals surface area contributed by atoms with Gasteiger partial charge in [0.2, 0.25) is 10.0 Å². The highest BCUT2D eigenvalue weighted by atomic mass is 32.2. The molecule has 0 spiro atoms. The smallest absolute Gasteiger partial charge is 0.240 e. The number of sulfonamides is 1. The van der Waals surface area contributed by atoms with Crippen molar-refractivity contribution in [2.45, 2.75) is 31.2 Å². The summed E-state index contributed by atoms with van der Waals surface area (Å²) in [4.78, 5) is 0.135. The Hall–Kier alpha value is -0.920. The third kappa shape index (κ3) is 4.59. The lowest BCUT2D eigenvalue weighted by molar-refractivity contribution is 0.570. The summed E-state index contributed by atoms with van der Waals surface area (Å²) in [6.07, 6.45) is 2.30. The molecule has 2 atom stereocenters. The van der Waals surface area contributed by atoms with E-state index in [-0.39, 0.29) is 16.7 Å². The first kappa shape index (κ1) is 16.1. The van der Waals surface area contributed by atoms with Gasteiger partial charge in [0.25, 0.3) is 0 Å². The number of benzene rings is 1. The molecule has 0 amide bonds. The number of nitrogens with one attached hydrogen (secondary N) is 1. The number of aryl methyl sites for hydroxylation is 1. The van der Waals surface area contributed by atoms with Gasteiger partial charge in [-0.3, -0.25) is 4.21 Å². The van der Waals surface area contributed by atoms with Gasteiger partial charge in [-0.15, -0.1) is 0 Å². The maximum atomic E-state index is 12.1. The normalized spacial score (nSPS) is 15.1. The quantitative estimate of drug-likeness (QED) is 0.763. The van der Waals surface area contributed by atoms with E-state index < -0.39 is 20.8 Å². The fourth-order valence-electron chi connectivity index (χ4n) is 1.78. The molecule has 5 nitrogen and oxygen atoms in total. The Labute approximate surface area is 117 Å². The number of hydrogen-bond donors (Lipinski definition) is 2. The van der Waals surface area contributed by atoms with E-state index in [0.29, 0.717) is 5.69 Å². The van der Waals surface area contributed by atoms with Gasteiger partial charge in [0.1, 0.15) is 0 Å². The lowest BCUT2D eigenvalue weighted by atomic mass is 10.1. The van der Waals surface area contributed by atoms with Crippen LogP contribution in [-0.4, -0.2) is 30.7 Å².